The summed E-state index contributed by atoms with van der Waals surface area (Å²) in [7, 11) is 0. The van der Waals surface area contributed by atoms with Gasteiger partial charge in [0.25, 0.3) is 0 Å². The van der Waals surface area contributed by atoms with Crippen LogP contribution < -0.4 is 0 Å². The quantitative estimate of drug-likeness (QED) is 0.196. The van der Waals surface area contributed by atoms with Gasteiger partial charge in [0.05, 0.1) is 22.7 Å². The first-order chi connectivity index (χ1) is 24.3. The maximum atomic E-state index is 6.33. The Balaban J connectivity index is 1.06. The first kappa shape index (κ1) is 26.6. The fraction of sp³-hybridized carbons (Fsp3) is 0.0455. The Morgan fingerprint density at radius 1 is 0.571 bits per heavy atom. The van der Waals surface area contributed by atoms with E-state index in [4.69, 9.17) is 14.4 Å². The third-order valence-corrected chi connectivity index (χ3v) is 10.3. The van der Waals surface area contributed by atoms with Crippen molar-refractivity contribution in [3.8, 4) is 11.5 Å². The van der Waals surface area contributed by atoms with Crippen LogP contribution in [0.3, 0.4) is 0 Å². The third-order valence-electron chi connectivity index (χ3n) is 10.3. The van der Waals surface area contributed by atoms with E-state index in [0.717, 1.165) is 51.4 Å². The second-order valence-corrected chi connectivity index (χ2v) is 13.0. The van der Waals surface area contributed by atoms with Crippen molar-refractivity contribution in [3.05, 3.63) is 156 Å². The van der Waals surface area contributed by atoms with Crippen LogP contribution in [0.1, 0.15) is 23.2 Å². The van der Waals surface area contributed by atoms with Crippen LogP contribution in [0.25, 0.3) is 88.8 Å². The molecule has 4 aromatic heterocycles. The number of allylic oxidation sites excluding steroid dienone is 1. The van der Waals surface area contributed by atoms with Crippen LogP contribution in [-0.4, -0.2) is 19.1 Å². The van der Waals surface area contributed by atoms with E-state index in [1.54, 1.807) is 0 Å². The number of fused-ring (bicyclic) bond motifs is 10. The van der Waals surface area contributed by atoms with Gasteiger partial charge in [0.15, 0.2) is 5.82 Å². The van der Waals surface area contributed by atoms with Gasteiger partial charge in [0, 0.05) is 38.5 Å². The molecule has 5 heteroatoms. The SMILES string of the molecule is C1=C(c2ccc3c(c2)c2ccccc2n3-c2ccccc2)CCc2c1c1ccccc1n2-c1cnc2c(n1)oc1cc3ccccc3cc12. The molecule has 0 spiro atoms. The summed E-state index contributed by atoms with van der Waals surface area (Å²) >= 11 is 0. The molecule has 0 saturated carbocycles. The standard InChI is InChI=1S/C44H28N4O/c1-2-12-31(13-3-1)47-37-16-8-6-14-32(37)34-22-29(18-20-39(34)47)30-19-21-40-35(23-30)33-15-7-9-17-38(33)48(40)42-26-45-43-36-24-27-10-4-5-11-28(27)25-41(36)49-44(43)46-42/h1-18,20,22-26H,19,21H2. The Labute approximate surface area is 281 Å². The second-order valence-electron chi connectivity index (χ2n) is 13.0. The van der Waals surface area contributed by atoms with E-state index in [1.807, 2.05) is 12.3 Å². The van der Waals surface area contributed by atoms with Crippen molar-refractivity contribution in [1.29, 1.82) is 0 Å². The van der Waals surface area contributed by atoms with Crippen LogP contribution in [0.2, 0.25) is 0 Å². The molecule has 6 aromatic carbocycles. The average molecular weight is 629 g/mol. The molecule has 230 valence electrons. The molecular weight excluding hydrogens is 601 g/mol. The second kappa shape index (κ2) is 10.0. The zero-order valence-corrected chi connectivity index (χ0v) is 26.5. The number of furan rings is 1. The summed E-state index contributed by atoms with van der Waals surface area (Å²) in [5, 5.41) is 7.05. The van der Waals surface area contributed by atoms with Crippen molar-refractivity contribution in [2.45, 2.75) is 12.8 Å². The van der Waals surface area contributed by atoms with E-state index >= 15 is 0 Å². The minimum Gasteiger partial charge on any atom is -0.436 e. The summed E-state index contributed by atoms with van der Waals surface area (Å²) in [6.07, 6.45) is 6.12. The molecule has 10 aromatic rings. The Morgan fingerprint density at radius 3 is 2.14 bits per heavy atom. The lowest BCUT2D eigenvalue weighted by atomic mass is 9.90. The average Bonchev–Trinajstić information content (AvgIpc) is 3.80. The van der Waals surface area contributed by atoms with Crippen LogP contribution in [-0.2, 0) is 6.42 Å². The fourth-order valence-electron chi connectivity index (χ4n) is 8.06. The van der Waals surface area contributed by atoms with E-state index in [2.05, 4.69) is 143 Å². The number of hydrogen-bond acceptors (Lipinski definition) is 3. The van der Waals surface area contributed by atoms with Crippen LogP contribution in [0.15, 0.2) is 144 Å². The highest BCUT2D eigenvalue weighted by molar-refractivity contribution is 6.11. The summed E-state index contributed by atoms with van der Waals surface area (Å²) < 4.78 is 11.0. The van der Waals surface area contributed by atoms with Gasteiger partial charge in [-0.3, -0.25) is 4.57 Å². The monoisotopic (exact) mass is 628 g/mol. The van der Waals surface area contributed by atoms with Crippen molar-refractivity contribution in [2.75, 3.05) is 0 Å². The molecule has 0 radical (unpaired) electrons. The molecule has 11 rings (SSSR count). The van der Waals surface area contributed by atoms with Gasteiger partial charge in [-0.2, -0.15) is 4.98 Å². The predicted octanol–water partition coefficient (Wildman–Crippen LogP) is 11.1. The first-order valence-electron chi connectivity index (χ1n) is 16.8. The Morgan fingerprint density at radius 2 is 1.29 bits per heavy atom. The van der Waals surface area contributed by atoms with E-state index < -0.39 is 0 Å². The van der Waals surface area contributed by atoms with E-state index in [1.165, 1.54) is 55.3 Å². The molecule has 4 heterocycles. The lowest BCUT2D eigenvalue weighted by molar-refractivity contribution is 0.651. The summed E-state index contributed by atoms with van der Waals surface area (Å²) in [4.78, 5) is 10.0. The first-order valence-corrected chi connectivity index (χ1v) is 16.8. The summed E-state index contributed by atoms with van der Waals surface area (Å²) in [5.74, 6) is 0.778. The minimum absolute atomic E-state index is 0.560. The smallest absolute Gasteiger partial charge is 0.248 e. The molecule has 0 amide bonds. The Hall–Kier alpha value is -6.46. The molecule has 49 heavy (non-hydrogen) atoms. The lowest BCUT2D eigenvalue weighted by Gasteiger charge is -2.17. The van der Waals surface area contributed by atoms with Crippen LogP contribution in [0, 0.1) is 0 Å². The van der Waals surface area contributed by atoms with Gasteiger partial charge in [-0.25, -0.2) is 4.98 Å². The molecular formula is C44H28N4O. The largest absolute Gasteiger partial charge is 0.436 e. The summed E-state index contributed by atoms with van der Waals surface area (Å²) in [6.45, 7) is 0. The van der Waals surface area contributed by atoms with E-state index in [9.17, 15) is 0 Å². The zero-order valence-electron chi connectivity index (χ0n) is 26.5. The van der Waals surface area contributed by atoms with Gasteiger partial charge in [0.1, 0.15) is 11.1 Å². The van der Waals surface area contributed by atoms with Gasteiger partial charge < -0.3 is 8.98 Å². The highest BCUT2D eigenvalue weighted by atomic mass is 16.3. The highest BCUT2D eigenvalue weighted by Crippen LogP contribution is 2.41. The van der Waals surface area contributed by atoms with Crippen molar-refractivity contribution in [1.82, 2.24) is 19.1 Å². The summed E-state index contributed by atoms with van der Waals surface area (Å²) in [6, 6.07) is 47.5. The lowest BCUT2D eigenvalue weighted by Crippen LogP contribution is -2.07. The normalized spacial score (nSPS) is 13.3. The summed E-state index contributed by atoms with van der Waals surface area (Å²) in [5.41, 5.74) is 12.0. The van der Waals surface area contributed by atoms with Crippen LogP contribution in [0.5, 0.6) is 0 Å². The van der Waals surface area contributed by atoms with Gasteiger partial charge >= 0.3 is 0 Å². The highest BCUT2D eigenvalue weighted by Gasteiger charge is 2.24. The number of rotatable bonds is 3. The number of nitrogens with zero attached hydrogens (tertiary/aromatic N) is 4. The molecule has 0 unspecified atom stereocenters. The third kappa shape index (κ3) is 3.87. The minimum atomic E-state index is 0.560. The maximum absolute atomic E-state index is 6.33. The molecule has 0 bridgehead atoms. The molecule has 0 aliphatic heterocycles. The van der Waals surface area contributed by atoms with Crippen LogP contribution >= 0.6 is 0 Å². The van der Waals surface area contributed by atoms with Gasteiger partial charge in [-0.15, -0.1) is 0 Å². The molecule has 5 nitrogen and oxygen atoms in total. The number of hydrogen-bond donors (Lipinski definition) is 0. The van der Waals surface area contributed by atoms with Gasteiger partial charge in [-0.1, -0.05) is 84.9 Å². The maximum Gasteiger partial charge on any atom is 0.248 e. The van der Waals surface area contributed by atoms with Gasteiger partial charge in [0.2, 0.25) is 5.71 Å². The molecule has 0 saturated heterocycles. The molecule has 1 aliphatic rings. The van der Waals surface area contributed by atoms with Crippen molar-refractivity contribution in [3.63, 3.8) is 0 Å². The predicted molar refractivity (Wildman–Crippen MR) is 201 cm³/mol. The van der Waals surface area contributed by atoms with Crippen molar-refractivity contribution < 1.29 is 4.42 Å². The number of benzene rings is 6. The Bertz CT molecular complexity index is 3000. The topological polar surface area (TPSA) is 48.8 Å². The van der Waals surface area contributed by atoms with Gasteiger partial charge in [-0.05, 0) is 89.4 Å². The number of para-hydroxylation sites is 3. The molecule has 0 N–H and O–H groups in total. The Kier molecular flexibility index (Phi) is 5.44. The van der Waals surface area contributed by atoms with E-state index in [-0.39, 0.29) is 0 Å². The zero-order chi connectivity index (χ0) is 32.1. The van der Waals surface area contributed by atoms with Crippen molar-refractivity contribution in [2.24, 2.45) is 0 Å². The van der Waals surface area contributed by atoms with E-state index in [0.29, 0.717) is 5.71 Å². The van der Waals surface area contributed by atoms with Crippen molar-refractivity contribution >= 4 is 77.3 Å². The molecule has 1 aliphatic carbocycles. The fourth-order valence-corrected chi connectivity index (χ4v) is 8.06. The van der Waals surface area contributed by atoms with Crippen LogP contribution in [0.4, 0.5) is 0 Å². The molecule has 0 fully saturated rings. The molecule has 0 atom stereocenters. The number of aromatic nitrogens is 4.